The Morgan fingerprint density at radius 3 is 2.83 bits per heavy atom. The van der Waals surface area contributed by atoms with E-state index in [0.29, 0.717) is 16.5 Å². The standard InChI is InChI=1S/C12H11FN2OS2/c1-18(16)12-10(7-2-3-7)15-11(17-12)8-4-9(13)6-14-5-8/h4-7H,2-3H2,1H3. The molecule has 0 bridgehead atoms. The van der Waals surface area contributed by atoms with Crippen LogP contribution in [0.3, 0.4) is 0 Å². The van der Waals surface area contributed by atoms with Gasteiger partial charge in [-0.3, -0.25) is 9.19 Å². The zero-order chi connectivity index (χ0) is 12.7. The average Bonchev–Trinajstić information content (AvgIpc) is 3.07. The Balaban J connectivity index is 2.07. The van der Waals surface area contributed by atoms with Crippen molar-refractivity contribution in [3.8, 4) is 10.6 Å². The molecule has 18 heavy (non-hydrogen) atoms. The lowest BCUT2D eigenvalue weighted by atomic mass is 10.3. The van der Waals surface area contributed by atoms with Gasteiger partial charge in [0, 0.05) is 23.9 Å². The maximum absolute atomic E-state index is 13.1. The molecule has 0 spiro atoms. The number of halogens is 1. The van der Waals surface area contributed by atoms with Crippen molar-refractivity contribution in [2.24, 2.45) is 0 Å². The molecule has 1 atom stereocenters. The minimum atomic E-state index is -1.04. The van der Waals surface area contributed by atoms with Crippen molar-refractivity contribution in [3.05, 3.63) is 30.0 Å². The van der Waals surface area contributed by atoms with E-state index < -0.39 is 10.8 Å². The van der Waals surface area contributed by atoms with E-state index in [2.05, 4.69) is 9.97 Å². The summed E-state index contributed by atoms with van der Waals surface area (Å²) in [5.41, 5.74) is 1.58. The van der Waals surface area contributed by atoms with Crippen LogP contribution in [0.15, 0.2) is 22.7 Å². The van der Waals surface area contributed by atoms with Gasteiger partial charge in [0.1, 0.15) is 15.0 Å². The van der Waals surface area contributed by atoms with Crippen LogP contribution in [0.2, 0.25) is 0 Å². The molecular weight excluding hydrogens is 271 g/mol. The Morgan fingerprint density at radius 2 is 2.22 bits per heavy atom. The van der Waals surface area contributed by atoms with E-state index in [4.69, 9.17) is 0 Å². The minimum Gasteiger partial charge on any atom is -0.261 e. The Bertz CT molecular complexity index is 622. The van der Waals surface area contributed by atoms with Crippen molar-refractivity contribution in [2.75, 3.05) is 6.26 Å². The zero-order valence-electron chi connectivity index (χ0n) is 9.72. The fraction of sp³-hybridized carbons (Fsp3) is 0.333. The number of thiazole rings is 1. The first-order valence-corrected chi connectivity index (χ1v) is 7.97. The largest absolute Gasteiger partial charge is 0.261 e. The van der Waals surface area contributed by atoms with Crippen molar-refractivity contribution >= 4 is 22.1 Å². The summed E-state index contributed by atoms with van der Waals surface area (Å²) < 4.78 is 25.7. The number of nitrogens with zero attached hydrogens (tertiary/aromatic N) is 2. The van der Waals surface area contributed by atoms with Gasteiger partial charge in [-0.05, 0) is 18.9 Å². The normalized spacial score (nSPS) is 16.8. The Morgan fingerprint density at radius 1 is 1.44 bits per heavy atom. The van der Waals surface area contributed by atoms with Crippen LogP contribution in [0.25, 0.3) is 10.6 Å². The Kier molecular flexibility index (Phi) is 2.99. The molecule has 1 saturated carbocycles. The third-order valence-corrected chi connectivity index (χ3v) is 5.40. The molecule has 2 heterocycles. The van der Waals surface area contributed by atoms with Gasteiger partial charge in [0.2, 0.25) is 0 Å². The molecule has 0 N–H and O–H groups in total. The summed E-state index contributed by atoms with van der Waals surface area (Å²) in [4.78, 5) is 8.34. The van der Waals surface area contributed by atoms with Crippen LogP contribution in [-0.2, 0) is 10.8 Å². The molecule has 2 aromatic rings. The monoisotopic (exact) mass is 282 g/mol. The molecule has 0 amide bonds. The average molecular weight is 282 g/mol. The Hall–Kier alpha value is -1.14. The molecule has 0 aromatic carbocycles. The predicted octanol–water partition coefficient (Wildman–Crippen LogP) is 2.96. The van der Waals surface area contributed by atoms with Crippen molar-refractivity contribution in [1.82, 2.24) is 9.97 Å². The zero-order valence-corrected chi connectivity index (χ0v) is 11.4. The van der Waals surface area contributed by atoms with E-state index in [1.54, 1.807) is 12.5 Å². The molecule has 0 saturated heterocycles. The summed E-state index contributed by atoms with van der Waals surface area (Å²) in [7, 11) is -1.04. The maximum Gasteiger partial charge on any atom is 0.142 e. The first kappa shape index (κ1) is 11.9. The number of aromatic nitrogens is 2. The Labute approximate surface area is 111 Å². The van der Waals surface area contributed by atoms with Crippen molar-refractivity contribution in [1.29, 1.82) is 0 Å². The molecule has 2 aromatic heterocycles. The molecule has 3 rings (SSSR count). The van der Waals surface area contributed by atoms with E-state index in [9.17, 15) is 8.60 Å². The summed E-state index contributed by atoms with van der Waals surface area (Å²) in [5, 5.41) is 0.703. The third-order valence-electron chi connectivity index (χ3n) is 2.80. The highest BCUT2D eigenvalue weighted by Crippen LogP contribution is 2.45. The second-order valence-electron chi connectivity index (χ2n) is 4.31. The lowest BCUT2D eigenvalue weighted by Gasteiger charge is -1.94. The van der Waals surface area contributed by atoms with Gasteiger partial charge >= 0.3 is 0 Å². The number of hydrogen-bond acceptors (Lipinski definition) is 4. The summed E-state index contributed by atoms with van der Waals surface area (Å²) in [6.07, 6.45) is 6.62. The number of rotatable bonds is 3. The lowest BCUT2D eigenvalue weighted by Crippen LogP contribution is -1.90. The third kappa shape index (κ3) is 2.22. The molecule has 0 aliphatic heterocycles. The molecular formula is C12H11FN2OS2. The van der Waals surface area contributed by atoms with Crippen LogP contribution < -0.4 is 0 Å². The van der Waals surface area contributed by atoms with Crippen LogP contribution in [0, 0.1) is 5.82 Å². The molecule has 1 unspecified atom stereocenters. The smallest absolute Gasteiger partial charge is 0.142 e. The van der Waals surface area contributed by atoms with Crippen LogP contribution in [0.5, 0.6) is 0 Å². The lowest BCUT2D eigenvalue weighted by molar-refractivity contribution is 0.622. The van der Waals surface area contributed by atoms with Crippen molar-refractivity contribution in [3.63, 3.8) is 0 Å². The number of pyridine rings is 1. The van der Waals surface area contributed by atoms with Crippen LogP contribution in [0.4, 0.5) is 4.39 Å². The van der Waals surface area contributed by atoms with E-state index in [0.717, 1.165) is 28.9 Å². The highest BCUT2D eigenvalue weighted by atomic mass is 32.2. The van der Waals surface area contributed by atoms with Gasteiger partial charge in [-0.15, -0.1) is 11.3 Å². The van der Waals surface area contributed by atoms with E-state index in [1.807, 2.05) is 0 Å². The molecule has 1 fully saturated rings. The van der Waals surface area contributed by atoms with Gasteiger partial charge in [0.05, 0.1) is 22.7 Å². The number of hydrogen-bond donors (Lipinski definition) is 0. The van der Waals surface area contributed by atoms with Crippen molar-refractivity contribution in [2.45, 2.75) is 23.0 Å². The molecule has 6 heteroatoms. The summed E-state index contributed by atoms with van der Waals surface area (Å²) in [6.45, 7) is 0. The predicted molar refractivity (Wildman–Crippen MR) is 69.6 cm³/mol. The minimum absolute atomic E-state index is 0.380. The van der Waals surface area contributed by atoms with E-state index in [1.165, 1.54) is 17.4 Å². The quantitative estimate of drug-likeness (QED) is 0.869. The second-order valence-corrected chi connectivity index (χ2v) is 6.89. The topological polar surface area (TPSA) is 42.9 Å². The van der Waals surface area contributed by atoms with E-state index in [-0.39, 0.29) is 5.82 Å². The second kappa shape index (κ2) is 4.51. The van der Waals surface area contributed by atoms with E-state index >= 15 is 0 Å². The highest BCUT2D eigenvalue weighted by molar-refractivity contribution is 7.86. The van der Waals surface area contributed by atoms with Gasteiger partial charge in [-0.2, -0.15) is 0 Å². The van der Waals surface area contributed by atoms with Gasteiger partial charge < -0.3 is 0 Å². The molecule has 0 radical (unpaired) electrons. The molecule has 3 nitrogen and oxygen atoms in total. The van der Waals surface area contributed by atoms with Gasteiger partial charge in [-0.1, -0.05) is 0 Å². The fourth-order valence-corrected chi connectivity index (χ4v) is 3.87. The summed E-state index contributed by atoms with van der Waals surface area (Å²) in [6, 6.07) is 1.41. The van der Waals surface area contributed by atoms with Gasteiger partial charge in [0.25, 0.3) is 0 Å². The SMILES string of the molecule is CS(=O)c1sc(-c2cncc(F)c2)nc1C1CC1. The van der Waals surface area contributed by atoms with Gasteiger partial charge in [-0.25, -0.2) is 9.37 Å². The molecule has 1 aliphatic rings. The summed E-state index contributed by atoms with van der Waals surface area (Å²) in [5.74, 6) is 0.0604. The molecule has 1 aliphatic carbocycles. The fourth-order valence-electron chi connectivity index (χ4n) is 1.79. The first-order valence-electron chi connectivity index (χ1n) is 5.60. The van der Waals surface area contributed by atoms with Crippen LogP contribution in [0.1, 0.15) is 24.5 Å². The molecule has 94 valence electrons. The van der Waals surface area contributed by atoms with Gasteiger partial charge in [0.15, 0.2) is 0 Å². The van der Waals surface area contributed by atoms with Crippen LogP contribution >= 0.6 is 11.3 Å². The maximum atomic E-state index is 13.1. The highest BCUT2D eigenvalue weighted by Gasteiger charge is 2.31. The summed E-state index contributed by atoms with van der Waals surface area (Å²) >= 11 is 1.38. The first-order chi connectivity index (χ1) is 8.65. The van der Waals surface area contributed by atoms with Crippen molar-refractivity contribution < 1.29 is 8.60 Å². The van der Waals surface area contributed by atoms with Crippen LogP contribution in [-0.4, -0.2) is 20.4 Å².